The maximum Gasteiger partial charge on any atom is 0.240 e. The first-order chi connectivity index (χ1) is 7.58. The van der Waals surface area contributed by atoms with Crippen molar-refractivity contribution in [2.45, 2.75) is 13.0 Å². The van der Waals surface area contributed by atoms with Gasteiger partial charge in [-0.2, -0.15) is 10.5 Å². The van der Waals surface area contributed by atoms with Crippen LogP contribution in [-0.4, -0.2) is 11.9 Å². The van der Waals surface area contributed by atoms with Gasteiger partial charge in [0.05, 0.1) is 17.2 Å². The smallest absolute Gasteiger partial charge is 0.240 e. The van der Waals surface area contributed by atoms with Crippen LogP contribution in [0.15, 0.2) is 18.2 Å². The van der Waals surface area contributed by atoms with Crippen molar-refractivity contribution in [1.29, 1.82) is 10.5 Å². The van der Waals surface area contributed by atoms with E-state index in [1.807, 2.05) is 12.1 Å². The molecule has 1 rings (SSSR count). The van der Waals surface area contributed by atoms with E-state index in [0.29, 0.717) is 5.69 Å². The van der Waals surface area contributed by atoms with E-state index < -0.39 is 6.04 Å². The standard InChI is InChI=1S/C11H10N4O/c1-7(14)11(16)15-10-3-2-8(5-12)9(4-10)6-13/h2-4,7H,14H2,1H3,(H,15,16)/t7-/m1/s1. The van der Waals surface area contributed by atoms with E-state index in [9.17, 15) is 4.79 Å². The van der Waals surface area contributed by atoms with Gasteiger partial charge >= 0.3 is 0 Å². The van der Waals surface area contributed by atoms with Gasteiger partial charge in [-0.05, 0) is 25.1 Å². The molecule has 0 spiro atoms. The van der Waals surface area contributed by atoms with Gasteiger partial charge in [-0.3, -0.25) is 4.79 Å². The maximum atomic E-state index is 11.3. The van der Waals surface area contributed by atoms with Gasteiger partial charge in [0.15, 0.2) is 0 Å². The minimum absolute atomic E-state index is 0.227. The van der Waals surface area contributed by atoms with Gasteiger partial charge < -0.3 is 11.1 Å². The highest BCUT2D eigenvalue weighted by molar-refractivity contribution is 5.94. The summed E-state index contributed by atoms with van der Waals surface area (Å²) in [5.74, 6) is -0.339. The van der Waals surface area contributed by atoms with Crippen molar-refractivity contribution in [3.05, 3.63) is 29.3 Å². The minimum atomic E-state index is -0.624. The van der Waals surface area contributed by atoms with Crippen LogP contribution in [0.5, 0.6) is 0 Å². The van der Waals surface area contributed by atoms with Gasteiger partial charge in [0, 0.05) is 5.69 Å². The summed E-state index contributed by atoms with van der Waals surface area (Å²) in [5.41, 5.74) is 6.34. The van der Waals surface area contributed by atoms with Crippen LogP contribution in [0, 0.1) is 22.7 Å². The summed E-state index contributed by atoms with van der Waals surface area (Å²) in [6, 6.07) is 7.63. The molecule has 0 saturated carbocycles. The fourth-order valence-electron chi connectivity index (χ4n) is 1.07. The number of nitrogens with zero attached hydrogens (tertiary/aromatic N) is 2. The first kappa shape index (κ1) is 11.7. The van der Waals surface area contributed by atoms with Gasteiger partial charge in [-0.25, -0.2) is 0 Å². The number of rotatable bonds is 2. The van der Waals surface area contributed by atoms with Crippen molar-refractivity contribution in [2.75, 3.05) is 5.32 Å². The highest BCUT2D eigenvalue weighted by Crippen LogP contribution is 2.14. The maximum absolute atomic E-state index is 11.3. The van der Waals surface area contributed by atoms with E-state index in [4.69, 9.17) is 16.3 Å². The number of anilines is 1. The van der Waals surface area contributed by atoms with Gasteiger partial charge in [0.25, 0.3) is 0 Å². The molecule has 0 unspecified atom stereocenters. The first-order valence-corrected chi connectivity index (χ1v) is 4.59. The SMILES string of the molecule is C[C@@H](N)C(=O)Nc1ccc(C#N)c(C#N)c1. The Bertz CT molecular complexity index is 494. The number of nitrogens with one attached hydrogen (secondary N) is 1. The third-order valence-electron chi connectivity index (χ3n) is 1.94. The Morgan fingerprint density at radius 2 is 2.00 bits per heavy atom. The molecule has 1 amide bonds. The lowest BCUT2D eigenvalue weighted by Crippen LogP contribution is -2.32. The molecule has 3 N–H and O–H groups in total. The molecule has 0 saturated heterocycles. The highest BCUT2D eigenvalue weighted by Gasteiger charge is 2.09. The van der Waals surface area contributed by atoms with Gasteiger partial charge in [0.2, 0.25) is 5.91 Å². The normalized spacial score (nSPS) is 11.0. The fourth-order valence-corrected chi connectivity index (χ4v) is 1.07. The largest absolute Gasteiger partial charge is 0.325 e. The average Bonchev–Trinajstić information content (AvgIpc) is 2.28. The van der Waals surface area contributed by atoms with E-state index in [1.165, 1.54) is 12.1 Å². The lowest BCUT2D eigenvalue weighted by molar-refractivity contribution is -0.117. The second kappa shape index (κ2) is 4.92. The Kier molecular flexibility index (Phi) is 3.60. The van der Waals surface area contributed by atoms with Crippen molar-refractivity contribution in [2.24, 2.45) is 5.73 Å². The summed E-state index contributed by atoms with van der Waals surface area (Å²) < 4.78 is 0. The monoisotopic (exact) mass is 214 g/mol. The van der Waals surface area contributed by atoms with Crippen molar-refractivity contribution in [3.8, 4) is 12.1 Å². The molecule has 0 bridgehead atoms. The van der Waals surface area contributed by atoms with Crippen LogP contribution in [0.3, 0.4) is 0 Å². The van der Waals surface area contributed by atoms with Crippen molar-refractivity contribution < 1.29 is 4.79 Å². The molecule has 5 heteroatoms. The molecule has 80 valence electrons. The molecular weight excluding hydrogens is 204 g/mol. The van der Waals surface area contributed by atoms with E-state index in [2.05, 4.69) is 5.32 Å². The Hall–Kier alpha value is -2.37. The second-order valence-corrected chi connectivity index (χ2v) is 3.26. The number of carbonyl (C=O) groups excluding carboxylic acids is 1. The van der Waals surface area contributed by atoms with E-state index in [-0.39, 0.29) is 17.0 Å². The van der Waals surface area contributed by atoms with E-state index >= 15 is 0 Å². The van der Waals surface area contributed by atoms with Crippen LogP contribution in [0.4, 0.5) is 5.69 Å². The molecule has 0 aliphatic heterocycles. The molecule has 0 heterocycles. The van der Waals surface area contributed by atoms with Gasteiger partial charge in [-0.1, -0.05) is 0 Å². The number of carbonyl (C=O) groups is 1. The molecule has 5 nitrogen and oxygen atoms in total. The van der Waals surface area contributed by atoms with Crippen molar-refractivity contribution in [1.82, 2.24) is 0 Å². The minimum Gasteiger partial charge on any atom is -0.325 e. The Balaban J connectivity index is 2.98. The summed E-state index contributed by atoms with van der Waals surface area (Å²) in [6.07, 6.45) is 0. The predicted molar refractivity (Wildman–Crippen MR) is 58.2 cm³/mol. The summed E-state index contributed by atoms with van der Waals surface area (Å²) in [4.78, 5) is 11.3. The quantitative estimate of drug-likeness (QED) is 0.756. The van der Waals surface area contributed by atoms with Crippen molar-refractivity contribution >= 4 is 11.6 Å². The van der Waals surface area contributed by atoms with Gasteiger partial charge in [-0.15, -0.1) is 0 Å². The summed E-state index contributed by atoms with van der Waals surface area (Å²) in [6.45, 7) is 1.56. The summed E-state index contributed by atoms with van der Waals surface area (Å²) in [7, 11) is 0. The average molecular weight is 214 g/mol. The highest BCUT2D eigenvalue weighted by atomic mass is 16.2. The predicted octanol–water partition coefficient (Wildman–Crippen LogP) is 0.716. The first-order valence-electron chi connectivity index (χ1n) is 4.59. The Morgan fingerprint density at radius 3 is 2.50 bits per heavy atom. The van der Waals surface area contributed by atoms with Crippen LogP contribution < -0.4 is 11.1 Å². The molecule has 0 aromatic heterocycles. The molecule has 16 heavy (non-hydrogen) atoms. The lowest BCUT2D eigenvalue weighted by Gasteiger charge is -2.07. The zero-order valence-electron chi connectivity index (χ0n) is 8.69. The van der Waals surface area contributed by atoms with Crippen LogP contribution in [0.1, 0.15) is 18.1 Å². The van der Waals surface area contributed by atoms with Gasteiger partial charge in [0.1, 0.15) is 12.1 Å². The number of amides is 1. The molecule has 1 aromatic rings. The van der Waals surface area contributed by atoms with Crippen LogP contribution in [0.25, 0.3) is 0 Å². The molecule has 0 radical (unpaired) electrons. The Labute approximate surface area is 93.1 Å². The number of hydrogen-bond donors (Lipinski definition) is 2. The summed E-state index contributed by atoms with van der Waals surface area (Å²) in [5, 5.41) is 20.0. The van der Waals surface area contributed by atoms with Crippen LogP contribution >= 0.6 is 0 Å². The zero-order valence-corrected chi connectivity index (χ0v) is 8.69. The molecule has 1 aromatic carbocycles. The van der Waals surface area contributed by atoms with Crippen LogP contribution in [0.2, 0.25) is 0 Å². The van der Waals surface area contributed by atoms with E-state index in [0.717, 1.165) is 0 Å². The fraction of sp³-hybridized carbons (Fsp3) is 0.182. The van der Waals surface area contributed by atoms with Crippen molar-refractivity contribution in [3.63, 3.8) is 0 Å². The molecule has 0 aliphatic rings. The second-order valence-electron chi connectivity index (χ2n) is 3.26. The third kappa shape index (κ3) is 2.57. The van der Waals surface area contributed by atoms with E-state index in [1.54, 1.807) is 13.0 Å². The topological polar surface area (TPSA) is 103 Å². The number of benzene rings is 1. The zero-order chi connectivity index (χ0) is 12.1. The Morgan fingerprint density at radius 1 is 1.38 bits per heavy atom. The molecule has 1 atom stereocenters. The lowest BCUT2D eigenvalue weighted by atomic mass is 10.1. The molecular formula is C11H10N4O. The number of nitriles is 2. The van der Waals surface area contributed by atoms with Crippen LogP contribution in [-0.2, 0) is 4.79 Å². The third-order valence-corrected chi connectivity index (χ3v) is 1.94. The molecule has 0 aliphatic carbocycles. The summed E-state index contributed by atoms with van der Waals surface area (Å²) >= 11 is 0. The number of hydrogen-bond acceptors (Lipinski definition) is 4. The number of nitrogens with two attached hydrogens (primary N) is 1. The molecule has 0 fully saturated rings.